The summed E-state index contributed by atoms with van der Waals surface area (Å²) in [7, 11) is 3.07. The molecule has 140 valence electrons. The molecular weight excluding hydrogens is 374 g/mol. The van der Waals surface area contributed by atoms with Crippen molar-refractivity contribution in [1.29, 1.82) is 0 Å². The van der Waals surface area contributed by atoms with E-state index >= 15 is 0 Å². The maximum atomic E-state index is 12.1. The van der Waals surface area contributed by atoms with E-state index in [1.54, 1.807) is 25.3 Å². The highest BCUT2D eigenvalue weighted by Gasteiger charge is 2.16. The summed E-state index contributed by atoms with van der Waals surface area (Å²) in [6.07, 6.45) is 0. The first kappa shape index (κ1) is 18.4. The lowest BCUT2D eigenvalue weighted by atomic mass is 10.3. The van der Waals surface area contributed by atoms with Gasteiger partial charge in [-0.2, -0.15) is 0 Å². The van der Waals surface area contributed by atoms with Crippen LogP contribution in [0.2, 0.25) is 0 Å². The Morgan fingerprint density at radius 1 is 1.22 bits per heavy atom. The van der Waals surface area contributed by atoms with Crippen LogP contribution in [0.4, 0.5) is 10.8 Å². The fourth-order valence-electron chi connectivity index (χ4n) is 2.33. The lowest BCUT2D eigenvalue weighted by Crippen LogP contribution is -2.20. The number of para-hydroxylation sites is 2. The second-order valence-electron chi connectivity index (χ2n) is 5.26. The van der Waals surface area contributed by atoms with E-state index in [1.807, 2.05) is 0 Å². The van der Waals surface area contributed by atoms with Gasteiger partial charge in [-0.3, -0.25) is 20.2 Å². The third-order valence-corrected chi connectivity index (χ3v) is 4.47. The number of ether oxygens (including phenoxy) is 3. The van der Waals surface area contributed by atoms with Crippen LogP contribution >= 0.6 is 11.3 Å². The summed E-state index contributed by atoms with van der Waals surface area (Å²) < 4.78 is 16.5. The van der Waals surface area contributed by atoms with Gasteiger partial charge in [0.25, 0.3) is 5.91 Å². The molecule has 0 aliphatic heterocycles. The second-order valence-corrected chi connectivity index (χ2v) is 6.29. The van der Waals surface area contributed by atoms with Gasteiger partial charge in [0.15, 0.2) is 17.5 Å². The van der Waals surface area contributed by atoms with Crippen molar-refractivity contribution in [1.82, 2.24) is 4.98 Å². The Balaban J connectivity index is 1.72. The Labute approximate surface area is 157 Å². The summed E-state index contributed by atoms with van der Waals surface area (Å²) in [5.41, 5.74) is 0.389. The van der Waals surface area contributed by atoms with Crippen LogP contribution in [0.5, 0.6) is 17.2 Å². The largest absolute Gasteiger partial charge is 0.497 e. The normalized spacial score (nSPS) is 10.4. The number of benzene rings is 2. The Morgan fingerprint density at radius 2 is 2.00 bits per heavy atom. The van der Waals surface area contributed by atoms with Gasteiger partial charge in [-0.1, -0.05) is 23.5 Å². The molecular formula is C17H15N3O6S. The summed E-state index contributed by atoms with van der Waals surface area (Å²) in [4.78, 5) is 26.9. The standard InChI is InChI=1S/C17H15N3O6S/c1-24-10-7-13(25-2)16-14(8-10)27-17(19-16)18-15(21)9-26-12-6-4-3-5-11(12)20(22)23/h3-8H,9H2,1-2H3,(H,18,19,21). The van der Waals surface area contributed by atoms with Crippen LogP contribution in [0.25, 0.3) is 10.2 Å². The fraction of sp³-hybridized carbons (Fsp3) is 0.176. The maximum absolute atomic E-state index is 12.1. The number of hydrogen-bond donors (Lipinski definition) is 1. The molecule has 3 rings (SSSR count). The smallest absolute Gasteiger partial charge is 0.310 e. The number of nitrogens with zero attached hydrogens (tertiary/aromatic N) is 2. The minimum Gasteiger partial charge on any atom is -0.497 e. The maximum Gasteiger partial charge on any atom is 0.310 e. The van der Waals surface area contributed by atoms with E-state index in [0.717, 1.165) is 4.70 Å². The molecule has 1 amide bonds. The van der Waals surface area contributed by atoms with Crippen LogP contribution in [0, 0.1) is 10.1 Å². The minimum absolute atomic E-state index is 0.0216. The summed E-state index contributed by atoms with van der Waals surface area (Å²) >= 11 is 1.25. The molecule has 0 bridgehead atoms. The Hall–Kier alpha value is -3.40. The van der Waals surface area contributed by atoms with Crippen molar-refractivity contribution in [3.63, 3.8) is 0 Å². The SMILES string of the molecule is COc1cc(OC)c2nc(NC(=O)COc3ccccc3[N+](=O)[O-])sc2c1. The van der Waals surface area contributed by atoms with Gasteiger partial charge in [-0.15, -0.1) is 0 Å². The topological polar surface area (TPSA) is 113 Å². The lowest BCUT2D eigenvalue weighted by Gasteiger charge is -2.06. The first-order chi connectivity index (χ1) is 13.0. The van der Waals surface area contributed by atoms with Crippen LogP contribution in [-0.2, 0) is 4.79 Å². The van der Waals surface area contributed by atoms with Crippen molar-refractivity contribution in [2.24, 2.45) is 0 Å². The summed E-state index contributed by atoms with van der Waals surface area (Å²) in [6.45, 7) is -0.388. The van der Waals surface area contributed by atoms with Gasteiger partial charge in [-0.05, 0) is 12.1 Å². The highest BCUT2D eigenvalue weighted by Crippen LogP contribution is 2.36. The van der Waals surface area contributed by atoms with Crippen LogP contribution in [-0.4, -0.2) is 36.6 Å². The summed E-state index contributed by atoms with van der Waals surface area (Å²) in [5, 5.41) is 13.9. The molecule has 0 aliphatic rings. The van der Waals surface area contributed by atoms with Gasteiger partial charge in [-0.25, -0.2) is 4.98 Å². The number of amides is 1. The molecule has 10 heteroatoms. The molecule has 1 heterocycles. The second kappa shape index (κ2) is 7.87. The summed E-state index contributed by atoms with van der Waals surface area (Å²) in [6, 6.07) is 9.34. The highest BCUT2D eigenvalue weighted by molar-refractivity contribution is 7.22. The van der Waals surface area contributed by atoms with E-state index in [9.17, 15) is 14.9 Å². The molecule has 0 unspecified atom stereocenters. The minimum atomic E-state index is -0.569. The highest BCUT2D eigenvalue weighted by atomic mass is 32.1. The van der Waals surface area contributed by atoms with Gasteiger partial charge in [0.1, 0.15) is 17.0 Å². The average molecular weight is 389 g/mol. The number of thiazole rings is 1. The Kier molecular flexibility index (Phi) is 5.36. The predicted octanol–water partition coefficient (Wildman–Crippen LogP) is 3.24. The van der Waals surface area contributed by atoms with Gasteiger partial charge in [0.05, 0.1) is 23.8 Å². The molecule has 1 aromatic heterocycles. The molecule has 0 saturated heterocycles. The molecule has 0 saturated carbocycles. The van der Waals surface area contributed by atoms with Crippen LogP contribution in [0.1, 0.15) is 0 Å². The molecule has 0 atom stereocenters. The number of fused-ring (bicyclic) bond motifs is 1. The number of hydrogen-bond acceptors (Lipinski definition) is 8. The van der Waals surface area contributed by atoms with Crippen molar-refractivity contribution < 1.29 is 23.9 Å². The molecule has 9 nitrogen and oxygen atoms in total. The van der Waals surface area contributed by atoms with E-state index in [4.69, 9.17) is 14.2 Å². The quantitative estimate of drug-likeness (QED) is 0.487. The van der Waals surface area contributed by atoms with Crippen molar-refractivity contribution in [3.8, 4) is 17.2 Å². The molecule has 27 heavy (non-hydrogen) atoms. The van der Waals surface area contributed by atoms with Crippen molar-refractivity contribution in [2.75, 3.05) is 26.1 Å². The Morgan fingerprint density at radius 3 is 2.70 bits per heavy atom. The molecule has 0 radical (unpaired) electrons. The van der Waals surface area contributed by atoms with Crippen LogP contribution in [0.3, 0.4) is 0 Å². The molecule has 0 aliphatic carbocycles. The third kappa shape index (κ3) is 4.06. The van der Waals surface area contributed by atoms with Gasteiger partial charge in [0, 0.05) is 12.1 Å². The number of nitro benzene ring substituents is 1. The van der Waals surface area contributed by atoms with E-state index in [1.165, 1.54) is 36.6 Å². The van der Waals surface area contributed by atoms with Gasteiger partial charge >= 0.3 is 5.69 Å². The van der Waals surface area contributed by atoms with Crippen molar-refractivity contribution >= 4 is 38.3 Å². The van der Waals surface area contributed by atoms with Crippen molar-refractivity contribution in [3.05, 3.63) is 46.5 Å². The summed E-state index contributed by atoms with van der Waals surface area (Å²) in [5.74, 6) is 0.671. The Bertz CT molecular complexity index is 1000. The number of methoxy groups -OCH3 is 2. The van der Waals surface area contributed by atoms with Crippen molar-refractivity contribution in [2.45, 2.75) is 0 Å². The number of carbonyl (C=O) groups excluding carboxylic acids is 1. The van der Waals surface area contributed by atoms with Gasteiger partial charge in [0.2, 0.25) is 0 Å². The molecule has 2 aromatic carbocycles. The molecule has 0 fully saturated rings. The predicted molar refractivity (Wildman–Crippen MR) is 99.9 cm³/mol. The lowest BCUT2D eigenvalue weighted by molar-refractivity contribution is -0.385. The van der Waals surface area contributed by atoms with E-state index in [0.29, 0.717) is 22.1 Å². The number of aromatic nitrogens is 1. The first-order valence-corrected chi connectivity index (χ1v) is 8.52. The number of carbonyl (C=O) groups is 1. The number of nitro groups is 1. The van der Waals surface area contributed by atoms with Gasteiger partial charge < -0.3 is 14.2 Å². The average Bonchev–Trinajstić information content (AvgIpc) is 3.07. The number of anilines is 1. The van der Waals surface area contributed by atoms with E-state index in [2.05, 4.69) is 10.3 Å². The number of rotatable bonds is 7. The van der Waals surface area contributed by atoms with E-state index < -0.39 is 10.8 Å². The van der Waals surface area contributed by atoms with Crippen LogP contribution < -0.4 is 19.5 Å². The zero-order valence-corrected chi connectivity index (χ0v) is 15.2. The first-order valence-electron chi connectivity index (χ1n) is 7.70. The molecule has 0 spiro atoms. The monoisotopic (exact) mass is 389 g/mol. The van der Waals surface area contributed by atoms with E-state index in [-0.39, 0.29) is 18.0 Å². The van der Waals surface area contributed by atoms with Crippen LogP contribution in [0.15, 0.2) is 36.4 Å². The molecule has 3 aromatic rings. The fourth-order valence-corrected chi connectivity index (χ4v) is 3.26. The molecule has 1 N–H and O–H groups in total. The zero-order chi connectivity index (χ0) is 19.4. The zero-order valence-electron chi connectivity index (χ0n) is 14.4. The number of nitrogens with one attached hydrogen (secondary N) is 1. The third-order valence-electron chi connectivity index (χ3n) is 3.56.